The van der Waals surface area contributed by atoms with Gasteiger partial charge in [-0.3, -0.25) is 0 Å². The number of piperidine rings is 1. The molecule has 1 unspecified atom stereocenters. The van der Waals surface area contributed by atoms with E-state index in [4.69, 9.17) is 0 Å². The van der Waals surface area contributed by atoms with Crippen LogP contribution in [0.3, 0.4) is 0 Å². The minimum absolute atomic E-state index is 0.563. The molecule has 0 amide bonds. The highest BCUT2D eigenvalue weighted by Gasteiger charge is 2.36. The normalized spacial score (nSPS) is 36.1. The van der Waals surface area contributed by atoms with Crippen molar-refractivity contribution in [1.82, 2.24) is 10.2 Å². The second-order valence-corrected chi connectivity index (χ2v) is 7.67. The van der Waals surface area contributed by atoms with E-state index >= 15 is 0 Å². The third kappa shape index (κ3) is 4.46. The fraction of sp³-hybridized carbons (Fsp3) is 1.00. The first-order valence-corrected chi connectivity index (χ1v) is 9.10. The zero-order valence-corrected chi connectivity index (χ0v) is 14.1. The lowest BCUT2D eigenvalue weighted by molar-refractivity contribution is 0.0513. The van der Waals surface area contributed by atoms with Crippen LogP contribution >= 0.6 is 0 Å². The molecular formula is C18H36N2. The Morgan fingerprint density at radius 1 is 1.10 bits per heavy atom. The summed E-state index contributed by atoms with van der Waals surface area (Å²) in [7, 11) is 0. The Labute approximate surface area is 126 Å². The maximum Gasteiger partial charge on any atom is 0.00671 e. The second kappa shape index (κ2) is 7.79. The maximum absolute atomic E-state index is 3.74. The molecule has 1 N–H and O–H groups in total. The van der Waals surface area contributed by atoms with Crippen molar-refractivity contribution >= 4 is 0 Å². The molecule has 2 fully saturated rings. The van der Waals surface area contributed by atoms with Crippen LogP contribution in [0.1, 0.15) is 72.1 Å². The number of hydrogen-bond donors (Lipinski definition) is 1. The van der Waals surface area contributed by atoms with Crippen LogP contribution in [0.4, 0.5) is 0 Å². The Morgan fingerprint density at radius 3 is 2.50 bits per heavy atom. The number of rotatable bonds is 6. The van der Waals surface area contributed by atoms with Crippen molar-refractivity contribution in [1.29, 1.82) is 0 Å². The Morgan fingerprint density at radius 2 is 1.85 bits per heavy atom. The van der Waals surface area contributed by atoms with E-state index in [0.29, 0.717) is 5.41 Å². The molecule has 1 saturated heterocycles. The van der Waals surface area contributed by atoms with Crippen LogP contribution in [0.25, 0.3) is 0 Å². The molecule has 1 heterocycles. The molecule has 2 aliphatic rings. The highest BCUT2D eigenvalue weighted by Crippen LogP contribution is 2.40. The molecule has 2 heteroatoms. The molecule has 1 atom stereocenters. The zero-order chi connectivity index (χ0) is 14.4. The van der Waals surface area contributed by atoms with Gasteiger partial charge in [0.05, 0.1) is 0 Å². The van der Waals surface area contributed by atoms with Crippen LogP contribution in [0.2, 0.25) is 0 Å². The van der Waals surface area contributed by atoms with Gasteiger partial charge in [0.2, 0.25) is 0 Å². The van der Waals surface area contributed by atoms with Gasteiger partial charge in [-0.2, -0.15) is 0 Å². The molecule has 0 aromatic carbocycles. The summed E-state index contributed by atoms with van der Waals surface area (Å²) in [6.45, 7) is 12.3. The Bertz CT molecular complexity index is 269. The molecule has 1 saturated carbocycles. The van der Waals surface area contributed by atoms with Crippen molar-refractivity contribution in [3.63, 3.8) is 0 Å². The first-order valence-electron chi connectivity index (χ1n) is 9.10. The Hall–Kier alpha value is -0.0800. The Balaban J connectivity index is 1.94. The number of hydrogen-bond acceptors (Lipinski definition) is 2. The van der Waals surface area contributed by atoms with Gasteiger partial charge in [-0.25, -0.2) is 0 Å². The fourth-order valence-electron chi connectivity index (χ4n) is 4.12. The van der Waals surface area contributed by atoms with Crippen molar-refractivity contribution in [2.45, 2.75) is 78.2 Å². The molecule has 2 rings (SSSR count). The second-order valence-electron chi connectivity index (χ2n) is 7.67. The third-order valence-corrected chi connectivity index (χ3v) is 5.74. The molecule has 2 nitrogen and oxygen atoms in total. The van der Waals surface area contributed by atoms with Gasteiger partial charge in [0, 0.05) is 19.1 Å². The van der Waals surface area contributed by atoms with Crippen LogP contribution in [0.5, 0.6) is 0 Å². The molecular weight excluding hydrogens is 244 g/mol. The van der Waals surface area contributed by atoms with E-state index < -0.39 is 0 Å². The summed E-state index contributed by atoms with van der Waals surface area (Å²) in [4.78, 5) is 2.80. The molecule has 1 aliphatic heterocycles. The number of likely N-dealkylation sites (tertiary alicyclic amines) is 1. The smallest absolute Gasteiger partial charge is 0.00671 e. The molecule has 1 aliphatic carbocycles. The SMILES string of the molecule is CCCNCC1(CN2CCCCC2C)CCC(C)CC1. The van der Waals surface area contributed by atoms with E-state index in [1.54, 1.807) is 0 Å². The average Bonchev–Trinajstić information content (AvgIpc) is 2.45. The van der Waals surface area contributed by atoms with E-state index in [0.717, 1.165) is 12.0 Å². The highest BCUT2D eigenvalue weighted by atomic mass is 15.2. The molecule has 0 aromatic rings. The van der Waals surface area contributed by atoms with E-state index in [9.17, 15) is 0 Å². The average molecular weight is 280 g/mol. The van der Waals surface area contributed by atoms with Crippen LogP contribution in [0, 0.1) is 11.3 Å². The van der Waals surface area contributed by atoms with Crippen molar-refractivity contribution in [3.05, 3.63) is 0 Å². The maximum atomic E-state index is 3.74. The van der Waals surface area contributed by atoms with E-state index in [-0.39, 0.29) is 0 Å². The quantitative estimate of drug-likeness (QED) is 0.738. The monoisotopic (exact) mass is 280 g/mol. The summed E-state index contributed by atoms with van der Waals surface area (Å²) in [6.07, 6.45) is 11.3. The lowest BCUT2D eigenvalue weighted by Crippen LogP contribution is -2.50. The van der Waals surface area contributed by atoms with Gasteiger partial charge in [-0.05, 0) is 63.5 Å². The third-order valence-electron chi connectivity index (χ3n) is 5.74. The highest BCUT2D eigenvalue weighted by molar-refractivity contribution is 4.91. The largest absolute Gasteiger partial charge is 0.316 e. The van der Waals surface area contributed by atoms with Crippen molar-refractivity contribution < 1.29 is 0 Å². The minimum atomic E-state index is 0.563. The summed E-state index contributed by atoms with van der Waals surface area (Å²) in [5, 5.41) is 3.74. The molecule has 20 heavy (non-hydrogen) atoms. The summed E-state index contributed by atoms with van der Waals surface area (Å²) in [6, 6.07) is 0.811. The van der Waals surface area contributed by atoms with Gasteiger partial charge < -0.3 is 10.2 Å². The standard InChI is InChI=1S/C18H36N2/c1-4-12-19-14-18(10-8-16(2)9-11-18)15-20-13-6-5-7-17(20)3/h16-17,19H,4-15H2,1-3H3. The summed E-state index contributed by atoms with van der Waals surface area (Å²) in [5.41, 5.74) is 0.563. The molecule has 0 radical (unpaired) electrons. The summed E-state index contributed by atoms with van der Waals surface area (Å²) < 4.78 is 0. The molecule has 0 aromatic heterocycles. The van der Waals surface area contributed by atoms with Gasteiger partial charge in [-0.1, -0.05) is 33.1 Å². The van der Waals surface area contributed by atoms with Gasteiger partial charge in [0.15, 0.2) is 0 Å². The predicted octanol–water partition coefficient (Wildman–Crippen LogP) is 4.06. The first kappa shape index (κ1) is 16.3. The van der Waals surface area contributed by atoms with Crippen LogP contribution in [-0.4, -0.2) is 37.1 Å². The lowest BCUT2D eigenvalue weighted by atomic mass is 9.70. The predicted molar refractivity (Wildman–Crippen MR) is 88.1 cm³/mol. The summed E-state index contributed by atoms with van der Waals surface area (Å²) >= 11 is 0. The number of nitrogens with zero attached hydrogens (tertiary/aromatic N) is 1. The van der Waals surface area contributed by atoms with Gasteiger partial charge in [-0.15, -0.1) is 0 Å². The van der Waals surface area contributed by atoms with Crippen molar-refractivity contribution in [2.75, 3.05) is 26.2 Å². The molecule has 0 spiro atoms. The van der Waals surface area contributed by atoms with E-state index in [2.05, 4.69) is 31.0 Å². The van der Waals surface area contributed by atoms with Crippen LogP contribution < -0.4 is 5.32 Å². The van der Waals surface area contributed by atoms with E-state index in [1.165, 1.54) is 77.5 Å². The van der Waals surface area contributed by atoms with Gasteiger partial charge in [0.25, 0.3) is 0 Å². The Kier molecular flexibility index (Phi) is 6.35. The van der Waals surface area contributed by atoms with Crippen molar-refractivity contribution in [3.8, 4) is 0 Å². The van der Waals surface area contributed by atoms with Crippen LogP contribution in [-0.2, 0) is 0 Å². The summed E-state index contributed by atoms with van der Waals surface area (Å²) in [5.74, 6) is 0.952. The topological polar surface area (TPSA) is 15.3 Å². The van der Waals surface area contributed by atoms with Gasteiger partial charge in [0.1, 0.15) is 0 Å². The number of nitrogens with one attached hydrogen (secondary N) is 1. The first-order chi connectivity index (χ1) is 9.65. The lowest BCUT2D eigenvalue weighted by Gasteiger charge is -2.46. The molecule has 0 bridgehead atoms. The van der Waals surface area contributed by atoms with Crippen LogP contribution in [0.15, 0.2) is 0 Å². The zero-order valence-electron chi connectivity index (χ0n) is 14.1. The molecule has 118 valence electrons. The van der Waals surface area contributed by atoms with E-state index in [1.807, 2.05) is 0 Å². The van der Waals surface area contributed by atoms with Gasteiger partial charge >= 0.3 is 0 Å². The minimum Gasteiger partial charge on any atom is -0.316 e. The van der Waals surface area contributed by atoms with Crippen molar-refractivity contribution in [2.24, 2.45) is 11.3 Å². The fourth-order valence-corrected chi connectivity index (χ4v) is 4.12.